The molecule has 3 heteroatoms. The van der Waals surface area contributed by atoms with Crippen LogP contribution in [-0.2, 0) is 9.47 Å². The third-order valence-electron chi connectivity index (χ3n) is 1.75. The molecule has 2 heterocycles. The van der Waals surface area contributed by atoms with E-state index in [9.17, 15) is 0 Å². The molecule has 0 aromatic rings. The number of rotatable bonds is 2. The van der Waals surface area contributed by atoms with Gasteiger partial charge in [-0.15, -0.1) is 0 Å². The van der Waals surface area contributed by atoms with Crippen molar-refractivity contribution in [2.24, 2.45) is 0 Å². The van der Waals surface area contributed by atoms with Crippen LogP contribution in [0.5, 0.6) is 0 Å². The van der Waals surface area contributed by atoms with Crippen LogP contribution >= 0.6 is 0 Å². The van der Waals surface area contributed by atoms with E-state index >= 15 is 0 Å². The van der Waals surface area contributed by atoms with Crippen LogP contribution in [0, 0.1) is 0 Å². The van der Waals surface area contributed by atoms with E-state index in [1.165, 1.54) is 0 Å². The predicted molar refractivity (Wildman–Crippen MR) is 43.0 cm³/mol. The average molecular weight is 166 g/mol. The highest BCUT2D eigenvalue weighted by Crippen LogP contribution is 2.14. The fourth-order valence-corrected chi connectivity index (χ4v) is 2.47. The highest BCUT2D eigenvalue weighted by atomic mass is 28.2. The molecule has 0 N–H and O–H groups in total. The Kier molecular flexibility index (Phi) is 1.98. The molecule has 0 bridgehead atoms. The lowest BCUT2D eigenvalue weighted by molar-refractivity contribution is 0.205. The van der Waals surface area contributed by atoms with Crippen LogP contribution in [0.3, 0.4) is 0 Å². The van der Waals surface area contributed by atoms with Crippen molar-refractivity contribution in [3.05, 3.63) is 24.7 Å². The largest absolute Gasteiger partial charge is 0.502 e. The molecular formula is C8H10O2Si. The van der Waals surface area contributed by atoms with Crippen LogP contribution in [0.15, 0.2) is 24.7 Å². The zero-order valence-corrected chi connectivity index (χ0v) is 7.19. The molecule has 2 atom stereocenters. The van der Waals surface area contributed by atoms with E-state index in [4.69, 9.17) is 9.47 Å². The minimum Gasteiger partial charge on any atom is -0.502 e. The molecular weight excluding hydrogens is 156 g/mol. The minimum absolute atomic E-state index is 0.389. The quantitative estimate of drug-likeness (QED) is 0.574. The Labute approximate surface area is 68.7 Å². The first-order valence-electron chi connectivity index (χ1n) is 3.82. The molecule has 58 valence electrons. The molecule has 2 nitrogen and oxygen atoms in total. The van der Waals surface area contributed by atoms with E-state index in [1.54, 1.807) is 12.5 Å². The molecule has 0 saturated heterocycles. The Morgan fingerprint density at radius 1 is 1.00 bits per heavy atom. The monoisotopic (exact) mass is 166 g/mol. The van der Waals surface area contributed by atoms with Crippen molar-refractivity contribution in [3.8, 4) is 0 Å². The molecule has 2 radical (unpaired) electrons. The smallest absolute Gasteiger partial charge is 0.150 e. The van der Waals surface area contributed by atoms with E-state index in [0.29, 0.717) is 11.5 Å². The zero-order chi connectivity index (χ0) is 7.52. The second-order valence-electron chi connectivity index (χ2n) is 2.63. The van der Waals surface area contributed by atoms with Gasteiger partial charge >= 0.3 is 0 Å². The van der Waals surface area contributed by atoms with Crippen molar-refractivity contribution in [1.82, 2.24) is 0 Å². The molecule has 0 amide bonds. The molecule has 0 spiro atoms. The van der Waals surface area contributed by atoms with Crippen LogP contribution in [0.25, 0.3) is 0 Å². The molecule has 0 aromatic carbocycles. The normalized spacial score (nSPS) is 33.8. The summed E-state index contributed by atoms with van der Waals surface area (Å²) in [5.41, 5.74) is 0.778. The Morgan fingerprint density at radius 2 is 1.55 bits per heavy atom. The van der Waals surface area contributed by atoms with Crippen molar-refractivity contribution >= 4 is 9.52 Å². The molecule has 0 aliphatic carbocycles. The Balaban J connectivity index is 1.73. The highest BCUT2D eigenvalue weighted by Gasteiger charge is 2.21. The first-order valence-corrected chi connectivity index (χ1v) is 4.97. The molecule has 0 saturated carbocycles. The summed E-state index contributed by atoms with van der Waals surface area (Å²) in [6.07, 6.45) is 9.83. The van der Waals surface area contributed by atoms with Gasteiger partial charge in [-0.1, -0.05) is 0 Å². The maximum absolute atomic E-state index is 5.34. The van der Waals surface area contributed by atoms with Crippen molar-refractivity contribution in [2.45, 2.75) is 24.3 Å². The van der Waals surface area contributed by atoms with E-state index in [-0.39, 0.29) is 0 Å². The van der Waals surface area contributed by atoms with Gasteiger partial charge < -0.3 is 9.47 Å². The summed E-state index contributed by atoms with van der Waals surface area (Å²) >= 11 is 0. The molecule has 2 aliphatic rings. The summed E-state index contributed by atoms with van der Waals surface area (Å²) in [5, 5.41) is 0. The average Bonchev–Trinajstić information content (AvgIpc) is 2.60. The van der Waals surface area contributed by atoms with Crippen LogP contribution in [0.2, 0.25) is 0 Å². The molecule has 2 unspecified atom stereocenters. The van der Waals surface area contributed by atoms with Gasteiger partial charge in [0.25, 0.3) is 0 Å². The molecule has 11 heavy (non-hydrogen) atoms. The van der Waals surface area contributed by atoms with Gasteiger partial charge in [-0.05, 0) is 12.2 Å². The van der Waals surface area contributed by atoms with Gasteiger partial charge in [-0.25, -0.2) is 0 Å². The van der Waals surface area contributed by atoms with Crippen molar-refractivity contribution in [1.29, 1.82) is 0 Å². The Bertz CT molecular complexity index is 153. The predicted octanol–water partition coefficient (Wildman–Crippen LogP) is 1.21. The summed E-state index contributed by atoms with van der Waals surface area (Å²) in [5.74, 6) is 0. The maximum Gasteiger partial charge on any atom is 0.150 e. The SMILES string of the molecule is C1=COC([Si]C2CC=CO2)C1. The Hall–Kier alpha value is -0.703. The molecule has 2 aliphatic heterocycles. The van der Waals surface area contributed by atoms with Gasteiger partial charge in [0, 0.05) is 12.8 Å². The van der Waals surface area contributed by atoms with Crippen LogP contribution < -0.4 is 0 Å². The van der Waals surface area contributed by atoms with E-state index in [1.807, 2.05) is 0 Å². The maximum atomic E-state index is 5.34. The molecule has 0 aromatic heterocycles. The Morgan fingerprint density at radius 3 is 1.91 bits per heavy atom. The molecule has 2 rings (SSSR count). The van der Waals surface area contributed by atoms with Crippen molar-refractivity contribution in [3.63, 3.8) is 0 Å². The van der Waals surface area contributed by atoms with Gasteiger partial charge in [-0.2, -0.15) is 0 Å². The fourth-order valence-electron chi connectivity index (χ4n) is 1.19. The second kappa shape index (κ2) is 3.13. The highest BCUT2D eigenvalue weighted by molar-refractivity contribution is 6.39. The summed E-state index contributed by atoms with van der Waals surface area (Å²) in [6.45, 7) is 0. The van der Waals surface area contributed by atoms with Gasteiger partial charge in [0.15, 0.2) is 9.52 Å². The lowest BCUT2D eigenvalue weighted by Crippen LogP contribution is -2.27. The van der Waals surface area contributed by atoms with Gasteiger partial charge in [0.05, 0.1) is 24.0 Å². The number of hydrogen-bond acceptors (Lipinski definition) is 2. The van der Waals surface area contributed by atoms with Crippen LogP contribution in [0.4, 0.5) is 0 Å². The first kappa shape index (κ1) is 6.97. The van der Waals surface area contributed by atoms with E-state index in [2.05, 4.69) is 12.2 Å². The molecule has 0 fully saturated rings. The summed E-state index contributed by atoms with van der Waals surface area (Å²) in [6, 6.07) is 0. The van der Waals surface area contributed by atoms with Crippen molar-refractivity contribution < 1.29 is 9.47 Å². The minimum atomic E-state index is 0.389. The summed E-state index contributed by atoms with van der Waals surface area (Å²) < 4.78 is 10.7. The van der Waals surface area contributed by atoms with Gasteiger partial charge in [-0.3, -0.25) is 0 Å². The lowest BCUT2D eigenvalue weighted by atomic mass is 10.5. The van der Waals surface area contributed by atoms with Gasteiger partial charge in [0.2, 0.25) is 0 Å². The fraction of sp³-hybridized carbons (Fsp3) is 0.500. The summed E-state index contributed by atoms with van der Waals surface area (Å²) in [7, 11) is 0.770. The van der Waals surface area contributed by atoms with Crippen molar-refractivity contribution in [2.75, 3.05) is 0 Å². The van der Waals surface area contributed by atoms with Crippen LogP contribution in [0.1, 0.15) is 12.8 Å². The summed E-state index contributed by atoms with van der Waals surface area (Å²) in [4.78, 5) is 0. The number of hydrogen-bond donors (Lipinski definition) is 0. The zero-order valence-electron chi connectivity index (χ0n) is 6.19. The van der Waals surface area contributed by atoms with Gasteiger partial charge in [0.1, 0.15) is 0 Å². The standard InChI is InChI=1S/C8H10O2Si/c1-3-7(9-5-1)11-8-4-2-6-10-8/h1-2,5-8H,3-4H2. The first-order chi connectivity index (χ1) is 5.45. The number of ether oxygens (including phenoxy) is 2. The van der Waals surface area contributed by atoms with E-state index in [0.717, 1.165) is 22.4 Å². The third-order valence-corrected chi connectivity index (χ3v) is 3.24. The van der Waals surface area contributed by atoms with Crippen LogP contribution in [-0.4, -0.2) is 21.0 Å². The van der Waals surface area contributed by atoms with E-state index < -0.39 is 0 Å². The third kappa shape index (κ3) is 1.65. The topological polar surface area (TPSA) is 18.5 Å². The lowest BCUT2D eigenvalue weighted by Gasteiger charge is -2.13. The second-order valence-corrected chi connectivity index (χ2v) is 4.25.